The van der Waals surface area contributed by atoms with Crippen molar-refractivity contribution in [3.8, 4) is 0 Å². The van der Waals surface area contributed by atoms with Crippen molar-refractivity contribution in [1.29, 1.82) is 0 Å². The Hall–Kier alpha value is -1.66. The lowest BCUT2D eigenvalue weighted by Gasteiger charge is -2.45. The van der Waals surface area contributed by atoms with E-state index in [0.29, 0.717) is 44.7 Å². The van der Waals surface area contributed by atoms with Gasteiger partial charge in [-0.2, -0.15) is 0 Å². The van der Waals surface area contributed by atoms with Gasteiger partial charge in [0.25, 0.3) is 0 Å². The van der Waals surface area contributed by atoms with Crippen LogP contribution in [0.2, 0.25) is 0 Å². The number of amides is 1. The van der Waals surface area contributed by atoms with Crippen LogP contribution in [0.4, 0.5) is 10.1 Å². The van der Waals surface area contributed by atoms with Gasteiger partial charge in [0.1, 0.15) is 5.82 Å². The van der Waals surface area contributed by atoms with Crippen LogP contribution >= 0.6 is 0 Å². The zero-order valence-electron chi connectivity index (χ0n) is 15.8. The number of anilines is 1. The molecule has 2 aliphatic heterocycles. The summed E-state index contributed by atoms with van der Waals surface area (Å²) in [6, 6.07) is 6.80. The summed E-state index contributed by atoms with van der Waals surface area (Å²) in [5.41, 5.74) is -0.556. The number of benzene rings is 1. The first-order chi connectivity index (χ1) is 12.4. The van der Waals surface area contributed by atoms with Crippen LogP contribution < -0.4 is 10.2 Å². The Morgan fingerprint density at radius 2 is 1.92 bits per heavy atom. The normalized spacial score (nSPS) is 26.5. The van der Waals surface area contributed by atoms with Crippen LogP contribution in [0.25, 0.3) is 0 Å². The third kappa shape index (κ3) is 4.01. The second-order valence-corrected chi connectivity index (χ2v) is 8.12. The number of aliphatic hydroxyl groups is 1. The molecule has 1 atom stereocenters. The Morgan fingerprint density at radius 1 is 1.23 bits per heavy atom. The van der Waals surface area contributed by atoms with Gasteiger partial charge in [0.15, 0.2) is 0 Å². The molecule has 2 fully saturated rings. The van der Waals surface area contributed by atoms with Crippen LogP contribution in [-0.4, -0.2) is 61.3 Å². The van der Waals surface area contributed by atoms with Crippen LogP contribution in [0.3, 0.4) is 0 Å². The molecule has 0 saturated carbocycles. The SMILES string of the molecule is CNC(=O)[C@]1(C)CCCN(CC2(O)CCN(c3ccccc3F)CC2)C1. The summed E-state index contributed by atoms with van der Waals surface area (Å²) in [4.78, 5) is 16.4. The quantitative estimate of drug-likeness (QED) is 0.859. The standard InChI is InChI=1S/C20H30FN3O2/c1-19(18(25)22-2)8-5-11-23(14-19)15-20(26)9-12-24(13-10-20)17-7-4-3-6-16(17)21/h3-4,6-7,26H,5,8-15H2,1-2H3,(H,22,25)/t19-/m1/s1. The van der Waals surface area contributed by atoms with Crippen LogP contribution in [0, 0.1) is 11.2 Å². The summed E-state index contributed by atoms with van der Waals surface area (Å²) in [7, 11) is 1.68. The molecule has 1 amide bonds. The highest BCUT2D eigenvalue weighted by atomic mass is 19.1. The van der Waals surface area contributed by atoms with Crippen molar-refractivity contribution in [2.45, 2.75) is 38.2 Å². The van der Waals surface area contributed by atoms with E-state index in [1.807, 2.05) is 17.9 Å². The van der Waals surface area contributed by atoms with Gasteiger partial charge in [-0.25, -0.2) is 4.39 Å². The van der Waals surface area contributed by atoms with Gasteiger partial charge in [-0.15, -0.1) is 0 Å². The fourth-order valence-corrected chi connectivity index (χ4v) is 4.41. The van der Waals surface area contributed by atoms with Crippen LogP contribution in [0.5, 0.6) is 0 Å². The minimum atomic E-state index is -0.775. The molecule has 1 aromatic rings. The van der Waals surface area contributed by atoms with Gasteiger partial charge in [-0.05, 0) is 51.3 Å². The van der Waals surface area contributed by atoms with E-state index in [1.54, 1.807) is 19.2 Å². The highest BCUT2D eigenvalue weighted by Gasteiger charge is 2.41. The second kappa shape index (κ2) is 7.53. The number of para-hydroxylation sites is 1. The van der Waals surface area contributed by atoms with Crippen molar-refractivity contribution >= 4 is 11.6 Å². The van der Waals surface area contributed by atoms with Gasteiger partial charge in [0, 0.05) is 33.2 Å². The molecule has 1 aromatic carbocycles. The van der Waals surface area contributed by atoms with E-state index in [0.717, 1.165) is 19.4 Å². The van der Waals surface area contributed by atoms with Crippen LogP contribution in [-0.2, 0) is 4.79 Å². The van der Waals surface area contributed by atoms with Crippen LogP contribution in [0.1, 0.15) is 32.6 Å². The van der Waals surface area contributed by atoms with Gasteiger partial charge in [0.2, 0.25) is 5.91 Å². The van der Waals surface area contributed by atoms with Crippen molar-refractivity contribution in [2.75, 3.05) is 44.7 Å². The summed E-state index contributed by atoms with van der Waals surface area (Å²) >= 11 is 0. The molecule has 2 aliphatic rings. The van der Waals surface area contributed by atoms with E-state index in [1.165, 1.54) is 6.07 Å². The fraction of sp³-hybridized carbons (Fsp3) is 0.650. The summed E-state index contributed by atoms with van der Waals surface area (Å²) in [5, 5.41) is 13.8. The Labute approximate surface area is 155 Å². The average molecular weight is 363 g/mol. The topological polar surface area (TPSA) is 55.8 Å². The fourth-order valence-electron chi connectivity index (χ4n) is 4.41. The number of nitrogens with one attached hydrogen (secondary N) is 1. The first-order valence-electron chi connectivity index (χ1n) is 9.52. The van der Waals surface area contributed by atoms with Crippen molar-refractivity contribution in [1.82, 2.24) is 10.2 Å². The van der Waals surface area contributed by atoms with E-state index >= 15 is 0 Å². The molecule has 6 heteroatoms. The monoisotopic (exact) mass is 363 g/mol. The maximum Gasteiger partial charge on any atom is 0.226 e. The van der Waals surface area contributed by atoms with Crippen molar-refractivity contribution in [3.05, 3.63) is 30.1 Å². The average Bonchev–Trinajstić information content (AvgIpc) is 2.62. The maximum absolute atomic E-state index is 14.0. The Kier molecular flexibility index (Phi) is 5.53. The maximum atomic E-state index is 14.0. The van der Waals surface area contributed by atoms with Crippen LogP contribution in [0.15, 0.2) is 24.3 Å². The number of likely N-dealkylation sites (tertiary alicyclic amines) is 1. The predicted octanol–water partition coefficient (Wildman–Crippen LogP) is 2.01. The van der Waals surface area contributed by atoms with Crippen molar-refractivity contribution < 1.29 is 14.3 Å². The zero-order valence-corrected chi connectivity index (χ0v) is 15.8. The number of piperidine rings is 2. The molecule has 0 spiro atoms. The molecule has 2 heterocycles. The lowest BCUT2D eigenvalue weighted by Crippen LogP contribution is -2.56. The Balaban J connectivity index is 1.59. The largest absolute Gasteiger partial charge is 0.388 e. The number of halogens is 1. The Morgan fingerprint density at radius 3 is 2.58 bits per heavy atom. The molecule has 26 heavy (non-hydrogen) atoms. The lowest BCUT2D eigenvalue weighted by molar-refractivity contribution is -0.134. The third-order valence-corrected chi connectivity index (χ3v) is 5.96. The number of hydrogen-bond donors (Lipinski definition) is 2. The Bertz CT molecular complexity index is 646. The first-order valence-corrected chi connectivity index (χ1v) is 9.52. The zero-order chi connectivity index (χ0) is 18.8. The summed E-state index contributed by atoms with van der Waals surface area (Å²) in [6.45, 7) is 5.43. The lowest BCUT2D eigenvalue weighted by atomic mass is 9.80. The minimum absolute atomic E-state index is 0.0727. The minimum Gasteiger partial charge on any atom is -0.388 e. The molecule has 0 aliphatic carbocycles. The smallest absolute Gasteiger partial charge is 0.226 e. The summed E-state index contributed by atoms with van der Waals surface area (Å²) in [5.74, 6) is -0.140. The molecule has 2 N–H and O–H groups in total. The number of carbonyl (C=O) groups excluding carboxylic acids is 1. The summed E-state index contributed by atoms with van der Waals surface area (Å²) < 4.78 is 14.0. The molecule has 144 valence electrons. The number of carbonyl (C=O) groups is 1. The molecule has 0 aromatic heterocycles. The highest BCUT2D eigenvalue weighted by Crippen LogP contribution is 2.33. The van der Waals surface area contributed by atoms with Gasteiger partial charge in [-0.3, -0.25) is 9.69 Å². The number of β-amino-alcohol motifs (C(OH)–C–C–N with tert-alkyl or cyclic N) is 1. The van der Waals surface area contributed by atoms with E-state index in [9.17, 15) is 14.3 Å². The molecular weight excluding hydrogens is 333 g/mol. The molecule has 2 saturated heterocycles. The van der Waals surface area contributed by atoms with Crippen molar-refractivity contribution in [2.24, 2.45) is 5.41 Å². The number of hydrogen-bond acceptors (Lipinski definition) is 4. The molecule has 0 radical (unpaired) electrons. The van der Waals surface area contributed by atoms with Gasteiger partial charge < -0.3 is 15.3 Å². The molecule has 3 rings (SSSR count). The van der Waals surface area contributed by atoms with Gasteiger partial charge >= 0.3 is 0 Å². The van der Waals surface area contributed by atoms with E-state index in [-0.39, 0.29) is 11.7 Å². The summed E-state index contributed by atoms with van der Waals surface area (Å²) in [6.07, 6.45) is 3.05. The van der Waals surface area contributed by atoms with E-state index in [4.69, 9.17) is 0 Å². The molecule has 0 bridgehead atoms. The second-order valence-electron chi connectivity index (χ2n) is 8.12. The molecule has 5 nitrogen and oxygen atoms in total. The predicted molar refractivity (Wildman–Crippen MR) is 101 cm³/mol. The molecular formula is C20H30FN3O2. The van der Waals surface area contributed by atoms with Crippen molar-refractivity contribution in [3.63, 3.8) is 0 Å². The number of nitrogens with zero attached hydrogens (tertiary/aromatic N) is 2. The first kappa shape index (κ1) is 19.1. The van der Waals surface area contributed by atoms with Gasteiger partial charge in [-0.1, -0.05) is 12.1 Å². The third-order valence-electron chi connectivity index (χ3n) is 5.96. The van der Waals surface area contributed by atoms with E-state index in [2.05, 4.69) is 10.2 Å². The van der Waals surface area contributed by atoms with E-state index < -0.39 is 11.0 Å². The highest BCUT2D eigenvalue weighted by molar-refractivity contribution is 5.82. The number of rotatable bonds is 4. The molecule has 0 unspecified atom stereocenters. The van der Waals surface area contributed by atoms with Gasteiger partial charge in [0.05, 0.1) is 16.7 Å².